The molecular formula is C32H23ClIN3O8. The van der Waals surface area contributed by atoms with Gasteiger partial charge in [-0.3, -0.25) is 25.0 Å². The maximum absolute atomic E-state index is 13.4. The molecule has 228 valence electrons. The first-order chi connectivity index (χ1) is 21.6. The summed E-state index contributed by atoms with van der Waals surface area (Å²) in [5.41, 5.74) is 1.92. The summed E-state index contributed by atoms with van der Waals surface area (Å²) in [6.07, 6.45) is 1.36. The summed E-state index contributed by atoms with van der Waals surface area (Å²) < 4.78 is 17.8. The summed E-state index contributed by atoms with van der Waals surface area (Å²) >= 11 is 8.22. The number of amides is 4. The Bertz CT molecular complexity index is 1830. The largest absolute Gasteiger partial charge is 0.493 e. The van der Waals surface area contributed by atoms with Gasteiger partial charge in [0, 0.05) is 22.7 Å². The van der Waals surface area contributed by atoms with Crippen molar-refractivity contribution in [1.82, 2.24) is 5.32 Å². The van der Waals surface area contributed by atoms with Crippen LogP contribution >= 0.6 is 34.2 Å². The summed E-state index contributed by atoms with van der Waals surface area (Å²) in [4.78, 5) is 50.2. The van der Waals surface area contributed by atoms with E-state index in [9.17, 15) is 24.5 Å². The highest BCUT2D eigenvalue weighted by Crippen LogP contribution is 2.36. The van der Waals surface area contributed by atoms with Gasteiger partial charge in [0.2, 0.25) is 0 Å². The first-order valence-electron chi connectivity index (χ1n) is 13.3. The standard InChI is InChI=1S/C32H23ClIN3O8/c1-43-28-16-20(15-27(34)29(28)45-17-19-6-8-23(9-7-19)37(41)42)14-25-30(38)35-32(40)36(31(25)39)22-10-12-24(13-11-22)44-18-21-4-2-3-5-26(21)33/h2-16H,17-18H2,1H3,(H,35,38,40)/b25-14+. The molecule has 0 radical (unpaired) electrons. The van der Waals surface area contributed by atoms with E-state index in [1.54, 1.807) is 42.5 Å². The van der Waals surface area contributed by atoms with E-state index in [1.165, 1.54) is 37.5 Å². The number of rotatable bonds is 10. The Morgan fingerprint density at radius 1 is 0.956 bits per heavy atom. The van der Waals surface area contributed by atoms with Crippen molar-refractivity contribution in [3.05, 3.63) is 126 Å². The lowest BCUT2D eigenvalue weighted by Crippen LogP contribution is -2.54. The molecule has 0 atom stereocenters. The molecule has 0 bridgehead atoms. The zero-order valence-corrected chi connectivity index (χ0v) is 26.4. The highest BCUT2D eigenvalue weighted by Gasteiger charge is 2.37. The molecule has 0 aromatic heterocycles. The Hall–Kier alpha value is -4.95. The number of carbonyl (C=O) groups is 3. The van der Waals surface area contributed by atoms with E-state index in [-0.39, 0.29) is 30.2 Å². The van der Waals surface area contributed by atoms with Crippen molar-refractivity contribution in [3.8, 4) is 17.2 Å². The van der Waals surface area contributed by atoms with Gasteiger partial charge in [-0.2, -0.15) is 0 Å². The summed E-state index contributed by atoms with van der Waals surface area (Å²) in [5, 5.41) is 13.7. The number of carbonyl (C=O) groups excluding carboxylic acids is 3. The van der Waals surface area contributed by atoms with Crippen molar-refractivity contribution in [2.75, 3.05) is 12.0 Å². The molecule has 1 saturated heterocycles. The van der Waals surface area contributed by atoms with Gasteiger partial charge >= 0.3 is 6.03 Å². The SMILES string of the molecule is COc1cc(/C=C2\C(=O)NC(=O)N(c3ccc(OCc4ccccc4Cl)cc3)C2=O)cc(I)c1OCc1ccc([N+](=O)[O-])cc1. The van der Waals surface area contributed by atoms with Crippen LogP contribution in [0.3, 0.4) is 0 Å². The van der Waals surface area contributed by atoms with Crippen molar-refractivity contribution in [2.45, 2.75) is 13.2 Å². The third-order valence-electron chi connectivity index (χ3n) is 6.64. The molecule has 5 rings (SSSR count). The number of barbiturate groups is 1. The number of nitro benzene ring substituents is 1. The van der Waals surface area contributed by atoms with Crippen molar-refractivity contribution in [1.29, 1.82) is 0 Å². The number of imide groups is 2. The van der Waals surface area contributed by atoms with Crippen LogP contribution in [-0.4, -0.2) is 29.9 Å². The van der Waals surface area contributed by atoms with E-state index in [0.29, 0.717) is 37.0 Å². The summed E-state index contributed by atoms with van der Waals surface area (Å²) in [6.45, 7) is 0.346. The van der Waals surface area contributed by atoms with E-state index >= 15 is 0 Å². The van der Waals surface area contributed by atoms with E-state index in [2.05, 4.69) is 5.32 Å². The van der Waals surface area contributed by atoms with Crippen LogP contribution in [0.4, 0.5) is 16.2 Å². The Kier molecular flexibility index (Phi) is 9.64. The van der Waals surface area contributed by atoms with Crippen molar-refractivity contribution in [3.63, 3.8) is 0 Å². The van der Waals surface area contributed by atoms with Gasteiger partial charge in [-0.05, 0) is 94.4 Å². The molecule has 4 aromatic carbocycles. The molecule has 0 spiro atoms. The zero-order valence-electron chi connectivity index (χ0n) is 23.5. The minimum atomic E-state index is -0.881. The summed E-state index contributed by atoms with van der Waals surface area (Å²) in [6, 6.07) is 21.9. The molecular weight excluding hydrogens is 717 g/mol. The lowest BCUT2D eigenvalue weighted by molar-refractivity contribution is -0.384. The van der Waals surface area contributed by atoms with E-state index in [1.807, 2.05) is 40.8 Å². The fourth-order valence-electron chi connectivity index (χ4n) is 4.36. The number of non-ortho nitro benzene ring substituents is 1. The molecule has 11 nitrogen and oxygen atoms in total. The molecule has 4 amide bonds. The lowest BCUT2D eigenvalue weighted by Gasteiger charge is -2.26. The van der Waals surface area contributed by atoms with Crippen LogP contribution in [-0.2, 0) is 22.8 Å². The molecule has 1 aliphatic rings. The second kappa shape index (κ2) is 13.8. The zero-order chi connectivity index (χ0) is 32.1. The van der Waals surface area contributed by atoms with Crippen LogP contribution in [0.25, 0.3) is 6.08 Å². The van der Waals surface area contributed by atoms with Gasteiger partial charge in [-0.15, -0.1) is 0 Å². The molecule has 1 heterocycles. The minimum Gasteiger partial charge on any atom is -0.493 e. The molecule has 1 fully saturated rings. The number of ether oxygens (including phenoxy) is 3. The number of benzene rings is 4. The predicted octanol–water partition coefficient (Wildman–Crippen LogP) is 6.69. The predicted molar refractivity (Wildman–Crippen MR) is 174 cm³/mol. The number of methoxy groups -OCH3 is 1. The Morgan fingerprint density at radius 3 is 2.33 bits per heavy atom. The van der Waals surface area contributed by atoms with E-state index in [4.69, 9.17) is 25.8 Å². The van der Waals surface area contributed by atoms with Gasteiger partial charge in [0.1, 0.15) is 24.5 Å². The number of hydrogen-bond acceptors (Lipinski definition) is 8. The van der Waals surface area contributed by atoms with E-state index in [0.717, 1.165) is 10.5 Å². The average Bonchev–Trinajstić information content (AvgIpc) is 3.02. The first-order valence-corrected chi connectivity index (χ1v) is 14.7. The van der Waals surface area contributed by atoms with Gasteiger partial charge in [0.25, 0.3) is 17.5 Å². The van der Waals surface area contributed by atoms with Crippen LogP contribution in [0.2, 0.25) is 5.02 Å². The molecule has 45 heavy (non-hydrogen) atoms. The monoisotopic (exact) mass is 739 g/mol. The molecule has 13 heteroatoms. The number of urea groups is 1. The Balaban J connectivity index is 1.33. The molecule has 1 N–H and O–H groups in total. The fourth-order valence-corrected chi connectivity index (χ4v) is 5.33. The third kappa shape index (κ3) is 7.24. The third-order valence-corrected chi connectivity index (χ3v) is 7.81. The quantitative estimate of drug-likeness (QED) is 0.0625. The van der Waals surface area contributed by atoms with Gasteiger partial charge in [-0.1, -0.05) is 29.8 Å². The topological polar surface area (TPSA) is 137 Å². The lowest BCUT2D eigenvalue weighted by atomic mass is 10.1. The second-order valence-electron chi connectivity index (χ2n) is 9.58. The van der Waals surface area contributed by atoms with Gasteiger partial charge in [0.15, 0.2) is 11.5 Å². The van der Waals surface area contributed by atoms with Crippen molar-refractivity contribution in [2.24, 2.45) is 0 Å². The Morgan fingerprint density at radius 2 is 1.67 bits per heavy atom. The fraction of sp³-hybridized carbons (Fsp3) is 0.0938. The van der Waals surface area contributed by atoms with Gasteiger partial charge < -0.3 is 14.2 Å². The van der Waals surface area contributed by atoms with Crippen LogP contribution in [0.15, 0.2) is 90.5 Å². The molecule has 0 unspecified atom stereocenters. The number of nitro groups is 1. The maximum atomic E-state index is 13.4. The smallest absolute Gasteiger partial charge is 0.335 e. The van der Waals surface area contributed by atoms with Crippen molar-refractivity contribution < 1.29 is 33.5 Å². The number of anilines is 1. The normalized spacial score (nSPS) is 13.9. The highest BCUT2D eigenvalue weighted by atomic mass is 127. The average molecular weight is 740 g/mol. The van der Waals surface area contributed by atoms with Gasteiger partial charge in [0.05, 0.1) is 21.3 Å². The molecule has 1 aliphatic heterocycles. The molecule has 0 saturated carbocycles. The minimum absolute atomic E-state index is 0.0273. The van der Waals surface area contributed by atoms with Crippen molar-refractivity contribution >= 4 is 69.5 Å². The second-order valence-corrected chi connectivity index (χ2v) is 11.1. The highest BCUT2D eigenvalue weighted by molar-refractivity contribution is 14.1. The maximum Gasteiger partial charge on any atom is 0.335 e. The number of nitrogens with one attached hydrogen (secondary N) is 1. The summed E-state index contributed by atoms with van der Waals surface area (Å²) in [5.74, 6) is -0.409. The number of halogens is 2. The molecule has 4 aromatic rings. The Labute approximate surface area is 275 Å². The van der Waals surface area contributed by atoms with Crippen LogP contribution in [0.5, 0.6) is 17.2 Å². The number of nitrogens with zero attached hydrogens (tertiary/aromatic N) is 2. The summed E-state index contributed by atoms with van der Waals surface area (Å²) in [7, 11) is 1.45. The van der Waals surface area contributed by atoms with Crippen LogP contribution in [0.1, 0.15) is 16.7 Å². The van der Waals surface area contributed by atoms with Crippen LogP contribution in [0, 0.1) is 13.7 Å². The number of hydrogen-bond donors (Lipinski definition) is 1. The first kappa shape index (κ1) is 31.5. The van der Waals surface area contributed by atoms with E-state index < -0.39 is 22.8 Å². The van der Waals surface area contributed by atoms with Gasteiger partial charge in [-0.25, -0.2) is 9.69 Å². The molecule has 0 aliphatic carbocycles. The van der Waals surface area contributed by atoms with Crippen LogP contribution < -0.4 is 24.4 Å².